The Morgan fingerprint density at radius 1 is 1.07 bits per heavy atom. The van der Waals surface area contributed by atoms with E-state index in [0.717, 1.165) is 44.2 Å². The van der Waals surface area contributed by atoms with Crippen molar-refractivity contribution in [2.45, 2.75) is 27.2 Å². The zero-order chi connectivity index (χ0) is 21.3. The molecule has 5 heteroatoms. The minimum atomic E-state index is 0.883. The SMILES string of the molecule is CCN(CC)CCCNc1ncc(C)c2c1c1ccc3cc(OC)ccc3c1n2C. The monoisotopic (exact) mass is 404 g/mol. The number of hydrogen-bond donors (Lipinski definition) is 1. The van der Waals surface area contributed by atoms with Gasteiger partial charge in [-0.2, -0.15) is 0 Å². The number of nitrogens with one attached hydrogen (secondary N) is 1. The molecule has 0 amide bonds. The molecule has 0 unspecified atom stereocenters. The van der Waals surface area contributed by atoms with E-state index in [-0.39, 0.29) is 0 Å². The molecule has 2 aromatic heterocycles. The van der Waals surface area contributed by atoms with Gasteiger partial charge in [-0.25, -0.2) is 4.98 Å². The molecule has 0 saturated carbocycles. The van der Waals surface area contributed by atoms with Crippen molar-refractivity contribution in [2.24, 2.45) is 7.05 Å². The Labute approximate surface area is 178 Å². The Bertz CT molecular complexity index is 1190. The summed E-state index contributed by atoms with van der Waals surface area (Å²) in [5.41, 5.74) is 3.68. The fourth-order valence-corrected chi connectivity index (χ4v) is 4.56. The highest BCUT2D eigenvalue weighted by atomic mass is 16.5. The number of anilines is 1. The van der Waals surface area contributed by atoms with E-state index in [2.05, 4.69) is 66.9 Å². The molecule has 4 aromatic rings. The summed E-state index contributed by atoms with van der Waals surface area (Å²) in [6.45, 7) is 10.8. The number of nitrogens with zero attached hydrogens (tertiary/aromatic N) is 3. The van der Waals surface area contributed by atoms with Gasteiger partial charge in [-0.05, 0) is 62.1 Å². The molecular formula is C25H32N4O. The van der Waals surface area contributed by atoms with Crippen LogP contribution >= 0.6 is 0 Å². The van der Waals surface area contributed by atoms with Crippen LogP contribution in [0.25, 0.3) is 32.6 Å². The van der Waals surface area contributed by atoms with Crippen LogP contribution in [0.1, 0.15) is 25.8 Å². The zero-order valence-electron chi connectivity index (χ0n) is 18.7. The van der Waals surface area contributed by atoms with Gasteiger partial charge in [-0.15, -0.1) is 0 Å². The second kappa shape index (κ2) is 8.52. The molecule has 4 rings (SSSR count). The summed E-state index contributed by atoms with van der Waals surface area (Å²) >= 11 is 0. The van der Waals surface area contributed by atoms with Gasteiger partial charge in [0.1, 0.15) is 11.6 Å². The number of ether oxygens (including phenoxy) is 1. The van der Waals surface area contributed by atoms with E-state index in [1.165, 1.54) is 38.1 Å². The summed E-state index contributed by atoms with van der Waals surface area (Å²) in [4.78, 5) is 7.23. The molecule has 158 valence electrons. The first-order valence-corrected chi connectivity index (χ1v) is 10.9. The van der Waals surface area contributed by atoms with Gasteiger partial charge in [0.15, 0.2) is 0 Å². The Morgan fingerprint density at radius 2 is 1.83 bits per heavy atom. The predicted molar refractivity (Wildman–Crippen MR) is 128 cm³/mol. The van der Waals surface area contributed by atoms with Crippen LogP contribution in [-0.2, 0) is 7.05 Å². The lowest BCUT2D eigenvalue weighted by atomic mass is 10.1. The molecule has 0 atom stereocenters. The topological polar surface area (TPSA) is 42.3 Å². The molecule has 0 bridgehead atoms. The molecular weight excluding hydrogens is 372 g/mol. The Hall–Kier alpha value is -2.79. The summed E-state index contributed by atoms with van der Waals surface area (Å²) < 4.78 is 7.74. The van der Waals surface area contributed by atoms with Crippen LogP contribution in [0.4, 0.5) is 5.82 Å². The first-order chi connectivity index (χ1) is 14.6. The molecule has 0 fully saturated rings. The van der Waals surface area contributed by atoms with Crippen molar-refractivity contribution in [1.29, 1.82) is 0 Å². The number of hydrogen-bond acceptors (Lipinski definition) is 4. The minimum Gasteiger partial charge on any atom is -0.497 e. The number of aromatic nitrogens is 2. The molecule has 0 aliphatic rings. The highest BCUT2D eigenvalue weighted by molar-refractivity contribution is 6.21. The molecule has 30 heavy (non-hydrogen) atoms. The fourth-order valence-electron chi connectivity index (χ4n) is 4.56. The maximum Gasteiger partial charge on any atom is 0.136 e. The maximum absolute atomic E-state index is 5.42. The lowest BCUT2D eigenvalue weighted by molar-refractivity contribution is 0.303. The Kier molecular flexibility index (Phi) is 5.82. The van der Waals surface area contributed by atoms with Crippen molar-refractivity contribution in [1.82, 2.24) is 14.5 Å². The molecule has 2 aromatic carbocycles. The predicted octanol–water partition coefficient (Wildman–Crippen LogP) is 5.34. The van der Waals surface area contributed by atoms with E-state index >= 15 is 0 Å². The molecule has 5 nitrogen and oxygen atoms in total. The van der Waals surface area contributed by atoms with E-state index in [9.17, 15) is 0 Å². The molecule has 0 radical (unpaired) electrons. The number of rotatable bonds is 8. The van der Waals surface area contributed by atoms with Gasteiger partial charge < -0.3 is 19.5 Å². The molecule has 0 aliphatic carbocycles. The van der Waals surface area contributed by atoms with E-state index in [0.29, 0.717) is 0 Å². The van der Waals surface area contributed by atoms with Crippen molar-refractivity contribution in [3.05, 3.63) is 42.1 Å². The first-order valence-electron chi connectivity index (χ1n) is 10.9. The third kappa shape index (κ3) is 3.47. The molecule has 1 N–H and O–H groups in total. The third-order valence-electron chi connectivity index (χ3n) is 6.21. The Balaban J connectivity index is 1.78. The van der Waals surface area contributed by atoms with Crippen LogP contribution < -0.4 is 10.1 Å². The van der Waals surface area contributed by atoms with Crippen LogP contribution in [0.2, 0.25) is 0 Å². The van der Waals surface area contributed by atoms with E-state index in [1.807, 2.05) is 12.3 Å². The molecule has 0 saturated heterocycles. The number of aryl methyl sites for hydroxylation is 2. The number of pyridine rings is 1. The van der Waals surface area contributed by atoms with E-state index in [1.54, 1.807) is 7.11 Å². The quantitative estimate of drug-likeness (QED) is 0.403. The largest absolute Gasteiger partial charge is 0.497 e. The van der Waals surface area contributed by atoms with Crippen LogP contribution in [0, 0.1) is 6.92 Å². The van der Waals surface area contributed by atoms with Crippen LogP contribution in [0.15, 0.2) is 36.5 Å². The zero-order valence-corrected chi connectivity index (χ0v) is 18.7. The average Bonchev–Trinajstić information content (AvgIpc) is 3.08. The fraction of sp³-hybridized carbons (Fsp3) is 0.400. The summed E-state index contributed by atoms with van der Waals surface area (Å²) in [5, 5.41) is 8.50. The third-order valence-corrected chi connectivity index (χ3v) is 6.21. The van der Waals surface area contributed by atoms with Crippen molar-refractivity contribution < 1.29 is 4.74 Å². The lowest BCUT2D eigenvalue weighted by Crippen LogP contribution is -2.25. The summed E-state index contributed by atoms with van der Waals surface area (Å²) in [6, 6.07) is 10.7. The van der Waals surface area contributed by atoms with Gasteiger partial charge in [0, 0.05) is 30.6 Å². The summed E-state index contributed by atoms with van der Waals surface area (Å²) in [5.74, 6) is 1.86. The lowest BCUT2D eigenvalue weighted by Gasteiger charge is -2.18. The second-order valence-electron chi connectivity index (χ2n) is 7.93. The second-order valence-corrected chi connectivity index (χ2v) is 7.93. The molecule has 0 spiro atoms. The van der Waals surface area contributed by atoms with Crippen molar-refractivity contribution in [2.75, 3.05) is 38.6 Å². The van der Waals surface area contributed by atoms with Gasteiger partial charge in [0.2, 0.25) is 0 Å². The first kappa shape index (κ1) is 20.5. The van der Waals surface area contributed by atoms with Gasteiger partial charge in [-0.3, -0.25) is 0 Å². The number of fused-ring (bicyclic) bond motifs is 5. The van der Waals surface area contributed by atoms with Crippen LogP contribution in [0.3, 0.4) is 0 Å². The summed E-state index contributed by atoms with van der Waals surface area (Å²) in [7, 11) is 3.87. The van der Waals surface area contributed by atoms with Gasteiger partial charge >= 0.3 is 0 Å². The van der Waals surface area contributed by atoms with Crippen molar-refractivity contribution in [3.8, 4) is 5.75 Å². The average molecular weight is 405 g/mol. The highest BCUT2D eigenvalue weighted by Crippen LogP contribution is 2.38. The number of benzene rings is 2. The van der Waals surface area contributed by atoms with Gasteiger partial charge in [0.05, 0.1) is 23.5 Å². The Morgan fingerprint density at radius 3 is 2.57 bits per heavy atom. The summed E-state index contributed by atoms with van der Waals surface area (Å²) in [6.07, 6.45) is 3.09. The van der Waals surface area contributed by atoms with E-state index in [4.69, 9.17) is 9.72 Å². The standard InChI is InChI=1S/C25H32N4O/c1-6-29(7-2)14-8-13-26-25-22-21-11-9-18-15-19(30-5)10-12-20(18)24(21)28(4)23(22)17(3)16-27-25/h9-12,15-16H,6-8,13-14H2,1-5H3,(H,26,27). The van der Waals surface area contributed by atoms with Gasteiger partial charge in [0.25, 0.3) is 0 Å². The highest BCUT2D eigenvalue weighted by Gasteiger charge is 2.17. The van der Waals surface area contributed by atoms with Crippen molar-refractivity contribution >= 4 is 38.4 Å². The smallest absolute Gasteiger partial charge is 0.136 e. The molecule has 2 heterocycles. The van der Waals surface area contributed by atoms with Gasteiger partial charge in [-0.1, -0.05) is 26.0 Å². The minimum absolute atomic E-state index is 0.883. The number of methoxy groups -OCH3 is 1. The van der Waals surface area contributed by atoms with Crippen LogP contribution in [0.5, 0.6) is 5.75 Å². The molecule has 0 aliphatic heterocycles. The van der Waals surface area contributed by atoms with Crippen molar-refractivity contribution in [3.63, 3.8) is 0 Å². The van der Waals surface area contributed by atoms with E-state index < -0.39 is 0 Å². The van der Waals surface area contributed by atoms with Crippen LogP contribution in [-0.4, -0.2) is 47.7 Å². The maximum atomic E-state index is 5.42. The normalized spacial score (nSPS) is 11.8.